The Morgan fingerprint density at radius 2 is 1.93 bits per heavy atom. The first-order chi connectivity index (χ1) is 13.1. The van der Waals surface area contributed by atoms with Crippen LogP contribution in [0.4, 0.5) is 0 Å². The van der Waals surface area contributed by atoms with Gasteiger partial charge in [0.15, 0.2) is 16.8 Å². The van der Waals surface area contributed by atoms with Gasteiger partial charge in [-0.15, -0.1) is 0 Å². The average molecular weight is 376 g/mol. The van der Waals surface area contributed by atoms with Crippen LogP contribution in [-0.2, 0) is 11.0 Å². The van der Waals surface area contributed by atoms with Crippen molar-refractivity contribution in [3.63, 3.8) is 0 Å². The topological polar surface area (TPSA) is 52.0 Å². The Balaban J connectivity index is 2.49. The van der Waals surface area contributed by atoms with Gasteiger partial charge in [-0.2, -0.15) is 0 Å². The SMILES string of the molecule is C=c1cccc/c1=C(/C=CC)c1nc2ccc(C=O)cc2n1S(=O)/C=C/C. The molecule has 5 heteroatoms. The number of hydrogen-bond acceptors (Lipinski definition) is 3. The van der Waals surface area contributed by atoms with Crippen molar-refractivity contribution in [2.75, 3.05) is 0 Å². The van der Waals surface area contributed by atoms with E-state index < -0.39 is 11.0 Å². The molecule has 0 amide bonds. The van der Waals surface area contributed by atoms with Gasteiger partial charge in [0.25, 0.3) is 0 Å². The minimum absolute atomic E-state index is 0.512. The first-order valence-corrected chi connectivity index (χ1v) is 9.70. The molecule has 2 aromatic carbocycles. The van der Waals surface area contributed by atoms with E-state index in [2.05, 4.69) is 6.58 Å². The highest BCUT2D eigenvalue weighted by molar-refractivity contribution is 7.86. The molecule has 136 valence electrons. The number of hydrogen-bond donors (Lipinski definition) is 0. The number of benzene rings is 2. The van der Waals surface area contributed by atoms with Crippen LogP contribution < -0.4 is 10.4 Å². The number of carbonyl (C=O) groups excluding carboxylic acids is 1. The van der Waals surface area contributed by atoms with Crippen molar-refractivity contribution >= 4 is 40.5 Å². The second kappa shape index (κ2) is 8.10. The van der Waals surface area contributed by atoms with Crippen LogP contribution >= 0.6 is 0 Å². The lowest BCUT2D eigenvalue weighted by Crippen LogP contribution is -2.26. The Hall–Kier alpha value is -3.05. The zero-order chi connectivity index (χ0) is 19.4. The van der Waals surface area contributed by atoms with Crippen LogP contribution in [0.3, 0.4) is 0 Å². The van der Waals surface area contributed by atoms with Crippen LogP contribution in [0.2, 0.25) is 0 Å². The Labute approximate surface area is 160 Å². The summed E-state index contributed by atoms with van der Waals surface area (Å²) < 4.78 is 14.6. The van der Waals surface area contributed by atoms with Crippen LogP contribution in [0.25, 0.3) is 23.2 Å². The van der Waals surface area contributed by atoms with Crippen molar-refractivity contribution < 1.29 is 9.00 Å². The van der Waals surface area contributed by atoms with E-state index in [0.717, 1.165) is 22.3 Å². The summed E-state index contributed by atoms with van der Waals surface area (Å²) in [6, 6.07) is 13.0. The van der Waals surface area contributed by atoms with Crippen LogP contribution in [-0.4, -0.2) is 19.5 Å². The van der Waals surface area contributed by atoms with Crippen molar-refractivity contribution in [3.8, 4) is 0 Å². The molecule has 1 heterocycles. The summed E-state index contributed by atoms with van der Waals surface area (Å²) in [7, 11) is -1.47. The lowest BCUT2D eigenvalue weighted by molar-refractivity contribution is 0.112. The Kier molecular flexibility index (Phi) is 5.62. The minimum Gasteiger partial charge on any atom is -0.298 e. The fourth-order valence-corrected chi connectivity index (χ4v) is 3.91. The van der Waals surface area contributed by atoms with Crippen molar-refractivity contribution in [2.45, 2.75) is 13.8 Å². The zero-order valence-electron chi connectivity index (χ0n) is 15.3. The minimum atomic E-state index is -1.47. The van der Waals surface area contributed by atoms with E-state index in [1.54, 1.807) is 33.7 Å². The van der Waals surface area contributed by atoms with Crippen molar-refractivity contribution in [1.82, 2.24) is 8.96 Å². The van der Waals surface area contributed by atoms with E-state index in [4.69, 9.17) is 4.98 Å². The van der Waals surface area contributed by atoms with E-state index in [0.29, 0.717) is 22.4 Å². The van der Waals surface area contributed by atoms with E-state index in [1.807, 2.05) is 50.3 Å². The van der Waals surface area contributed by atoms with Crippen LogP contribution in [0.1, 0.15) is 30.0 Å². The maximum absolute atomic E-state index is 13.0. The molecular weight excluding hydrogens is 356 g/mol. The van der Waals surface area contributed by atoms with Gasteiger partial charge in [-0.25, -0.2) is 13.2 Å². The third kappa shape index (κ3) is 3.59. The zero-order valence-corrected chi connectivity index (χ0v) is 16.1. The number of aldehydes is 1. The molecule has 0 bridgehead atoms. The highest BCUT2D eigenvalue weighted by atomic mass is 32.2. The summed E-state index contributed by atoms with van der Waals surface area (Å²) in [4.78, 5) is 16.0. The lowest BCUT2D eigenvalue weighted by atomic mass is 10.1. The standard InChI is InChI=1S/C22H20N2O2S/c1-4-8-19(18-10-7-6-9-16(18)3)22-23-20-12-11-17(15-25)14-21(20)24(22)27(26)13-5-2/h4-15H,3H2,1-2H3/b8-4?,13-5+,19-18+. The smallest absolute Gasteiger partial charge is 0.154 e. The molecule has 0 aliphatic rings. The molecular formula is C22H20N2O2S. The van der Waals surface area contributed by atoms with Gasteiger partial charge in [-0.1, -0.05) is 49.1 Å². The molecule has 0 radical (unpaired) electrons. The van der Waals surface area contributed by atoms with Gasteiger partial charge >= 0.3 is 0 Å². The fraction of sp³-hybridized carbons (Fsp3) is 0.0909. The highest BCUT2D eigenvalue weighted by Gasteiger charge is 2.17. The number of aromatic nitrogens is 2. The summed E-state index contributed by atoms with van der Waals surface area (Å²) in [6.07, 6.45) is 6.37. The van der Waals surface area contributed by atoms with Crippen molar-refractivity contribution in [2.24, 2.45) is 0 Å². The van der Waals surface area contributed by atoms with E-state index >= 15 is 0 Å². The van der Waals surface area contributed by atoms with Crippen LogP contribution in [0.15, 0.2) is 66.1 Å². The Morgan fingerprint density at radius 1 is 1.15 bits per heavy atom. The summed E-state index contributed by atoms with van der Waals surface area (Å²) in [5.74, 6) is 0.568. The Bertz CT molecular complexity index is 1200. The molecule has 0 aliphatic heterocycles. The molecule has 0 spiro atoms. The van der Waals surface area contributed by atoms with E-state index in [9.17, 15) is 9.00 Å². The molecule has 3 rings (SSSR count). The number of imidazole rings is 1. The fourth-order valence-electron chi connectivity index (χ4n) is 2.91. The summed E-state index contributed by atoms with van der Waals surface area (Å²) >= 11 is 0. The third-order valence-corrected chi connectivity index (χ3v) is 5.32. The molecule has 0 N–H and O–H groups in total. The van der Waals surface area contributed by atoms with Gasteiger partial charge in [0.05, 0.1) is 11.0 Å². The summed E-state index contributed by atoms with van der Waals surface area (Å²) in [5.41, 5.74) is 2.66. The molecule has 1 unspecified atom stereocenters. The van der Waals surface area contributed by atoms with Crippen LogP contribution in [0.5, 0.6) is 0 Å². The average Bonchev–Trinajstić information content (AvgIpc) is 3.05. The van der Waals surface area contributed by atoms with E-state index in [-0.39, 0.29) is 0 Å². The maximum Gasteiger partial charge on any atom is 0.154 e. The number of nitrogens with zero attached hydrogens (tertiary/aromatic N) is 2. The van der Waals surface area contributed by atoms with Gasteiger partial charge in [0.2, 0.25) is 0 Å². The second-order valence-electron chi connectivity index (χ2n) is 5.91. The third-order valence-electron chi connectivity index (χ3n) is 4.09. The molecule has 4 nitrogen and oxygen atoms in total. The molecule has 0 fully saturated rings. The molecule has 3 aromatic rings. The molecule has 27 heavy (non-hydrogen) atoms. The first kappa shape index (κ1) is 18.7. The number of allylic oxidation sites excluding steroid dienone is 3. The largest absolute Gasteiger partial charge is 0.298 e. The number of carbonyl (C=O) groups is 1. The molecule has 0 aliphatic carbocycles. The maximum atomic E-state index is 13.0. The summed E-state index contributed by atoms with van der Waals surface area (Å²) in [5, 5.41) is 3.37. The monoisotopic (exact) mass is 376 g/mol. The van der Waals surface area contributed by atoms with Crippen molar-refractivity contribution in [1.29, 1.82) is 0 Å². The molecule has 0 saturated carbocycles. The van der Waals surface area contributed by atoms with Gasteiger partial charge in [-0.05, 0) is 42.5 Å². The highest BCUT2D eigenvalue weighted by Crippen LogP contribution is 2.23. The van der Waals surface area contributed by atoms with Gasteiger partial charge < -0.3 is 0 Å². The molecule has 0 saturated heterocycles. The van der Waals surface area contributed by atoms with Gasteiger partial charge in [0.1, 0.15) is 6.29 Å². The predicted octanol–water partition coefficient (Wildman–Crippen LogP) is 3.08. The lowest BCUT2D eigenvalue weighted by Gasteiger charge is -2.07. The predicted molar refractivity (Wildman–Crippen MR) is 112 cm³/mol. The molecule has 1 atom stereocenters. The first-order valence-electron chi connectivity index (χ1n) is 8.53. The Morgan fingerprint density at radius 3 is 2.59 bits per heavy atom. The normalized spacial score (nSPS) is 14.1. The number of rotatable bonds is 5. The van der Waals surface area contributed by atoms with Crippen molar-refractivity contribution in [3.05, 3.63) is 87.9 Å². The molecule has 1 aromatic heterocycles. The van der Waals surface area contributed by atoms with Gasteiger partial charge in [0, 0.05) is 16.5 Å². The number of fused-ring (bicyclic) bond motifs is 1. The summed E-state index contributed by atoms with van der Waals surface area (Å²) in [6.45, 7) is 7.85. The second-order valence-corrected chi connectivity index (χ2v) is 7.10. The quantitative estimate of drug-likeness (QED) is 0.643. The van der Waals surface area contributed by atoms with Crippen LogP contribution in [0, 0.1) is 0 Å². The van der Waals surface area contributed by atoms with Gasteiger partial charge in [-0.3, -0.25) is 4.79 Å². The van der Waals surface area contributed by atoms with E-state index in [1.165, 1.54) is 0 Å².